The lowest BCUT2D eigenvalue weighted by Crippen LogP contribution is -2.48. The first kappa shape index (κ1) is 34.6. The Balaban J connectivity index is 1.17. The molecule has 13 heteroatoms. The largest absolute Gasteiger partial charge is 0.495 e. The fourth-order valence-electron chi connectivity index (χ4n) is 6.47. The summed E-state index contributed by atoms with van der Waals surface area (Å²) in [5.41, 5.74) is 2.33. The van der Waals surface area contributed by atoms with Crippen molar-refractivity contribution in [3.05, 3.63) is 77.4 Å². The van der Waals surface area contributed by atoms with Crippen LogP contribution in [-0.2, 0) is 16.1 Å². The van der Waals surface area contributed by atoms with Crippen molar-refractivity contribution in [2.75, 3.05) is 31.1 Å². The zero-order chi connectivity index (χ0) is 35.6. The fourth-order valence-corrected chi connectivity index (χ4v) is 6.47. The first-order valence-corrected chi connectivity index (χ1v) is 16.7. The summed E-state index contributed by atoms with van der Waals surface area (Å²) in [6, 6.07) is 16.1. The number of fused-ring (bicyclic) bond motifs is 1. The van der Waals surface area contributed by atoms with Gasteiger partial charge >= 0.3 is 18.0 Å². The number of nitrogens with one attached hydrogen (secondary N) is 3. The van der Waals surface area contributed by atoms with E-state index < -0.39 is 35.7 Å². The molecule has 3 aromatic carbocycles. The van der Waals surface area contributed by atoms with Crippen molar-refractivity contribution in [2.45, 2.75) is 70.6 Å². The number of methoxy groups -OCH3 is 1. The van der Waals surface area contributed by atoms with Crippen molar-refractivity contribution in [2.24, 2.45) is 5.92 Å². The Hall–Kier alpha value is -5.30. The zero-order valence-corrected chi connectivity index (χ0v) is 28.7. The Kier molecular flexibility index (Phi) is 9.87. The van der Waals surface area contributed by atoms with Gasteiger partial charge in [-0.05, 0) is 80.1 Å². The monoisotopic (exact) mass is 685 g/mol. The van der Waals surface area contributed by atoms with Crippen LogP contribution < -0.4 is 30.2 Å². The molecule has 264 valence electrons. The highest BCUT2D eigenvalue weighted by atomic mass is 16.7. The molecular formula is C37H43N5O8. The summed E-state index contributed by atoms with van der Waals surface area (Å²) in [5.74, 6) is 0.628. The number of carbonyl (C=O) groups is 4. The van der Waals surface area contributed by atoms with Gasteiger partial charge in [0.2, 0.25) is 6.79 Å². The Labute approximate surface area is 290 Å². The lowest BCUT2D eigenvalue weighted by molar-refractivity contribution is -0.138. The van der Waals surface area contributed by atoms with Crippen molar-refractivity contribution < 1.29 is 38.5 Å². The molecule has 2 aliphatic heterocycles. The molecule has 2 heterocycles. The molecule has 2 atom stereocenters. The van der Waals surface area contributed by atoms with Crippen molar-refractivity contribution in [3.63, 3.8) is 0 Å². The van der Waals surface area contributed by atoms with Crippen LogP contribution in [0.25, 0.3) is 0 Å². The normalized spacial score (nSPS) is 17.4. The lowest BCUT2D eigenvalue weighted by Gasteiger charge is -2.29. The first-order chi connectivity index (χ1) is 23.9. The molecular weight excluding hydrogens is 642 g/mol. The van der Waals surface area contributed by atoms with E-state index >= 15 is 0 Å². The quantitative estimate of drug-likeness (QED) is 0.152. The van der Waals surface area contributed by atoms with Gasteiger partial charge < -0.3 is 40.2 Å². The maximum atomic E-state index is 14.1. The van der Waals surface area contributed by atoms with Crippen LogP contribution in [0.2, 0.25) is 0 Å². The SMILES string of the molecule is COc1cc(CN2C(=O)N(C(CNC(CC(=O)O)c3ccc4c(c3)OCO4)CC3CC3)C(=O)C2(C)C)ccc1NC(=O)Nc1ccccc1C. The fraction of sp³-hybridized carbons (Fsp3) is 0.405. The molecule has 4 N–H and O–H groups in total. The molecule has 0 radical (unpaired) electrons. The summed E-state index contributed by atoms with van der Waals surface area (Å²) < 4.78 is 16.5. The second kappa shape index (κ2) is 14.3. The van der Waals surface area contributed by atoms with Crippen molar-refractivity contribution in [3.8, 4) is 17.2 Å². The summed E-state index contributed by atoms with van der Waals surface area (Å²) in [4.78, 5) is 55.7. The van der Waals surface area contributed by atoms with Gasteiger partial charge in [0, 0.05) is 24.8 Å². The number of aliphatic carboxylic acids is 1. The molecule has 1 aliphatic carbocycles. The van der Waals surface area contributed by atoms with E-state index in [0.29, 0.717) is 52.1 Å². The molecule has 13 nitrogen and oxygen atoms in total. The molecule has 1 saturated heterocycles. The molecule has 0 aromatic heterocycles. The number of ether oxygens (including phenoxy) is 3. The summed E-state index contributed by atoms with van der Waals surface area (Å²) >= 11 is 0. The third-order valence-corrected chi connectivity index (χ3v) is 9.55. The first-order valence-electron chi connectivity index (χ1n) is 16.7. The molecule has 6 rings (SSSR count). The number of rotatable bonds is 14. The van der Waals surface area contributed by atoms with Crippen LogP contribution in [-0.4, -0.2) is 70.9 Å². The lowest BCUT2D eigenvalue weighted by atomic mass is 10.00. The van der Waals surface area contributed by atoms with Crippen LogP contribution in [0.5, 0.6) is 17.2 Å². The Morgan fingerprint density at radius 1 is 1.00 bits per heavy atom. The maximum Gasteiger partial charge on any atom is 0.328 e. The van der Waals surface area contributed by atoms with Crippen LogP contribution in [0.4, 0.5) is 21.0 Å². The summed E-state index contributed by atoms with van der Waals surface area (Å²) in [5, 5.41) is 18.7. The van der Waals surface area contributed by atoms with Crippen molar-refractivity contribution >= 4 is 35.3 Å². The number of benzene rings is 3. The van der Waals surface area contributed by atoms with Gasteiger partial charge in [-0.2, -0.15) is 0 Å². The molecule has 3 aromatic rings. The number of para-hydroxylation sites is 1. The van der Waals surface area contributed by atoms with E-state index in [2.05, 4.69) is 16.0 Å². The minimum absolute atomic E-state index is 0.101. The van der Waals surface area contributed by atoms with E-state index in [9.17, 15) is 24.3 Å². The number of aryl methyl sites for hydroxylation is 1. The minimum Gasteiger partial charge on any atom is -0.495 e. The molecule has 0 bridgehead atoms. The van der Waals surface area contributed by atoms with E-state index in [1.807, 2.05) is 31.2 Å². The number of amides is 5. The van der Waals surface area contributed by atoms with Crippen molar-refractivity contribution in [1.82, 2.24) is 15.1 Å². The Bertz CT molecular complexity index is 1790. The number of carboxylic acids is 1. The summed E-state index contributed by atoms with van der Waals surface area (Å²) in [6.07, 6.45) is 2.46. The molecule has 50 heavy (non-hydrogen) atoms. The third-order valence-electron chi connectivity index (χ3n) is 9.55. The maximum absolute atomic E-state index is 14.1. The molecule has 2 unspecified atom stereocenters. The number of anilines is 2. The topological polar surface area (TPSA) is 159 Å². The average Bonchev–Trinajstić information content (AvgIpc) is 3.74. The number of hydrogen-bond donors (Lipinski definition) is 4. The van der Waals surface area contributed by atoms with Crippen molar-refractivity contribution in [1.29, 1.82) is 0 Å². The average molecular weight is 686 g/mol. The smallest absolute Gasteiger partial charge is 0.328 e. The molecule has 0 spiro atoms. The van der Waals surface area contributed by atoms with Gasteiger partial charge in [0.05, 0.1) is 25.3 Å². The number of urea groups is 2. The van der Waals surface area contributed by atoms with E-state index in [-0.39, 0.29) is 32.2 Å². The van der Waals surface area contributed by atoms with Crippen LogP contribution in [0.15, 0.2) is 60.7 Å². The number of carbonyl (C=O) groups excluding carboxylic acids is 3. The van der Waals surface area contributed by atoms with Gasteiger partial charge in [0.1, 0.15) is 11.3 Å². The third kappa shape index (κ3) is 7.47. The second-order valence-electron chi connectivity index (χ2n) is 13.5. The van der Waals surface area contributed by atoms with Crippen LogP contribution in [0.1, 0.15) is 62.3 Å². The van der Waals surface area contributed by atoms with Crippen LogP contribution >= 0.6 is 0 Å². The van der Waals surface area contributed by atoms with E-state index in [4.69, 9.17) is 14.2 Å². The predicted octanol–water partition coefficient (Wildman–Crippen LogP) is 5.89. The Morgan fingerprint density at radius 2 is 1.74 bits per heavy atom. The standard InChI is InChI=1S/C37H43N5O8/c1-22-7-5-6-8-27(22)39-35(46)40-28-13-11-24(16-31(28)48-4)20-41-36(47)42(34(45)37(41,2)3)26(15-23-9-10-23)19-38-29(18-33(43)44)25-12-14-30-32(17-25)50-21-49-30/h5-8,11-14,16-17,23,26,29,38H,9-10,15,18-21H2,1-4H3,(H,43,44)(H2,39,40,46). The zero-order valence-electron chi connectivity index (χ0n) is 28.7. The molecule has 1 saturated carbocycles. The van der Waals surface area contributed by atoms with Gasteiger partial charge in [-0.1, -0.05) is 43.2 Å². The van der Waals surface area contributed by atoms with Gasteiger partial charge in [-0.15, -0.1) is 0 Å². The highest BCUT2D eigenvalue weighted by Gasteiger charge is 2.53. The Morgan fingerprint density at radius 3 is 2.46 bits per heavy atom. The minimum atomic E-state index is -1.14. The number of hydrogen-bond acceptors (Lipinski definition) is 8. The molecule has 2 fully saturated rings. The predicted molar refractivity (Wildman–Crippen MR) is 185 cm³/mol. The van der Waals surface area contributed by atoms with Gasteiger partial charge in [-0.3, -0.25) is 14.5 Å². The van der Waals surface area contributed by atoms with E-state index in [1.54, 1.807) is 55.1 Å². The summed E-state index contributed by atoms with van der Waals surface area (Å²) in [6.45, 7) is 5.82. The van der Waals surface area contributed by atoms with E-state index in [0.717, 1.165) is 18.4 Å². The highest BCUT2D eigenvalue weighted by Crippen LogP contribution is 2.39. The number of nitrogens with zero attached hydrogens (tertiary/aromatic N) is 2. The van der Waals surface area contributed by atoms with Gasteiger partial charge in [0.25, 0.3) is 5.91 Å². The number of carboxylic acid groups (broad SMARTS) is 1. The van der Waals surface area contributed by atoms with E-state index in [1.165, 1.54) is 12.0 Å². The van der Waals surface area contributed by atoms with Gasteiger partial charge in [-0.25, -0.2) is 9.59 Å². The van der Waals surface area contributed by atoms with Crippen LogP contribution in [0.3, 0.4) is 0 Å². The molecule has 3 aliphatic rings. The van der Waals surface area contributed by atoms with Crippen LogP contribution in [0, 0.1) is 12.8 Å². The highest BCUT2D eigenvalue weighted by molar-refractivity contribution is 6.07. The molecule has 5 amide bonds. The summed E-state index contributed by atoms with van der Waals surface area (Å²) in [7, 11) is 1.50. The second-order valence-corrected chi connectivity index (χ2v) is 13.5. The van der Waals surface area contributed by atoms with Gasteiger partial charge in [0.15, 0.2) is 11.5 Å². The number of imide groups is 1.